The first kappa shape index (κ1) is 10.4. The Balaban J connectivity index is 2.44. The normalized spacial score (nSPS) is 10.3. The van der Waals surface area contributed by atoms with Crippen molar-refractivity contribution in [2.45, 2.75) is 13.3 Å². The molecule has 0 unspecified atom stereocenters. The third-order valence-corrected chi connectivity index (χ3v) is 2.79. The van der Waals surface area contributed by atoms with Gasteiger partial charge in [0.1, 0.15) is 4.60 Å². The molecule has 0 fully saturated rings. The molecule has 0 saturated heterocycles. The Labute approximate surface area is 98.3 Å². The molecule has 0 atom stereocenters. The second-order valence-corrected chi connectivity index (χ2v) is 4.21. The molecule has 0 saturated carbocycles. The molecule has 0 radical (unpaired) electrons. The van der Waals surface area contributed by atoms with Crippen LogP contribution in [0.25, 0.3) is 11.3 Å². The van der Waals surface area contributed by atoms with E-state index in [1.165, 1.54) is 11.1 Å². The van der Waals surface area contributed by atoms with Crippen LogP contribution in [0.3, 0.4) is 0 Å². The van der Waals surface area contributed by atoms with Gasteiger partial charge in [0.2, 0.25) is 0 Å². The van der Waals surface area contributed by atoms with E-state index < -0.39 is 0 Å². The Morgan fingerprint density at radius 2 is 1.93 bits per heavy atom. The Bertz CT molecular complexity index is 466. The molecule has 76 valence electrons. The lowest BCUT2D eigenvalue weighted by molar-refractivity contribution is 1.14. The Morgan fingerprint density at radius 1 is 1.13 bits per heavy atom. The van der Waals surface area contributed by atoms with Crippen LogP contribution in [0.1, 0.15) is 12.5 Å². The number of aryl methyl sites for hydroxylation is 1. The predicted molar refractivity (Wildman–Crippen MR) is 66.8 cm³/mol. The van der Waals surface area contributed by atoms with E-state index in [1.807, 2.05) is 18.2 Å². The van der Waals surface area contributed by atoms with Crippen LogP contribution in [-0.2, 0) is 6.42 Å². The van der Waals surface area contributed by atoms with Crippen LogP contribution in [0.2, 0.25) is 0 Å². The van der Waals surface area contributed by atoms with Crippen molar-refractivity contribution < 1.29 is 0 Å². The first-order chi connectivity index (χ1) is 7.29. The topological polar surface area (TPSA) is 12.9 Å². The molecule has 2 heteroatoms. The zero-order valence-electron chi connectivity index (χ0n) is 8.57. The SMILES string of the molecule is CCc1cccc(-c2cccc(Br)n2)c1. The van der Waals surface area contributed by atoms with Crippen LogP contribution < -0.4 is 0 Å². The molecule has 0 bridgehead atoms. The molecule has 0 aliphatic rings. The van der Waals surface area contributed by atoms with Crippen molar-refractivity contribution in [1.82, 2.24) is 4.98 Å². The molecule has 1 aromatic carbocycles. The van der Waals surface area contributed by atoms with Gasteiger partial charge in [-0.25, -0.2) is 4.98 Å². The Kier molecular flexibility index (Phi) is 3.17. The van der Waals surface area contributed by atoms with Gasteiger partial charge in [0.15, 0.2) is 0 Å². The van der Waals surface area contributed by atoms with Crippen molar-refractivity contribution in [2.24, 2.45) is 0 Å². The maximum absolute atomic E-state index is 4.44. The molecule has 2 rings (SSSR count). The standard InChI is InChI=1S/C13H12BrN/c1-2-10-5-3-6-11(9-10)12-7-4-8-13(14)15-12/h3-9H,2H2,1H3. The summed E-state index contributed by atoms with van der Waals surface area (Å²) in [6, 6.07) is 14.5. The average Bonchev–Trinajstić information content (AvgIpc) is 2.29. The highest BCUT2D eigenvalue weighted by molar-refractivity contribution is 9.10. The first-order valence-corrected chi connectivity index (χ1v) is 5.81. The minimum Gasteiger partial charge on any atom is -0.241 e. The number of rotatable bonds is 2. The number of nitrogens with zero attached hydrogens (tertiary/aromatic N) is 1. The second-order valence-electron chi connectivity index (χ2n) is 3.40. The number of pyridine rings is 1. The largest absolute Gasteiger partial charge is 0.241 e. The minimum atomic E-state index is 0.877. The smallest absolute Gasteiger partial charge is 0.106 e. The fourth-order valence-electron chi connectivity index (χ4n) is 1.52. The maximum Gasteiger partial charge on any atom is 0.106 e. The van der Waals surface area contributed by atoms with Crippen molar-refractivity contribution in [3.05, 3.63) is 52.6 Å². The van der Waals surface area contributed by atoms with Gasteiger partial charge in [-0.2, -0.15) is 0 Å². The molecule has 1 nitrogen and oxygen atoms in total. The Morgan fingerprint density at radius 3 is 2.67 bits per heavy atom. The number of aromatic nitrogens is 1. The van der Waals surface area contributed by atoms with E-state index in [1.54, 1.807) is 0 Å². The summed E-state index contributed by atoms with van der Waals surface area (Å²) in [7, 11) is 0. The van der Waals surface area contributed by atoms with E-state index in [-0.39, 0.29) is 0 Å². The predicted octanol–water partition coefficient (Wildman–Crippen LogP) is 4.07. The van der Waals surface area contributed by atoms with Crippen LogP contribution in [0.15, 0.2) is 47.1 Å². The van der Waals surface area contributed by atoms with Gasteiger partial charge in [0.25, 0.3) is 0 Å². The van der Waals surface area contributed by atoms with Crippen molar-refractivity contribution in [3.8, 4) is 11.3 Å². The van der Waals surface area contributed by atoms with Crippen molar-refractivity contribution in [3.63, 3.8) is 0 Å². The molecule has 15 heavy (non-hydrogen) atoms. The van der Waals surface area contributed by atoms with Gasteiger partial charge in [-0.3, -0.25) is 0 Å². The van der Waals surface area contributed by atoms with E-state index >= 15 is 0 Å². The van der Waals surface area contributed by atoms with E-state index in [0.717, 1.165) is 16.7 Å². The zero-order chi connectivity index (χ0) is 10.7. The van der Waals surface area contributed by atoms with Gasteiger partial charge >= 0.3 is 0 Å². The van der Waals surface area contributed by atoms with Gasteiger partial charge in [0.05, 0.1) is 5.69 Å². The lowest BCUT2D eigenvalue weighted by Crippen LogP contribution is -1.86. The molecule has 1 aromatic heterocycles. The average molecular weight is 262 g/mol. The van der Waals surface area contributed by atoms with E-state index in [2.05, 4.69) is 52.1 Å². The number of halogens is 1. The summed E-state index contributed by atoms with van der Waals surface area (Å²) in [6.07, 6.45) is 1.06. The summed E-state index contributed by atoms with van der Waals surface area (Å²) in [6.45, 7) is 2.16. The van der Waals surface area contributed by atoms with Gasteiger partial charge in [-0.1, -0.05) is 31.2 Å². The van der Waals surface area contributed by atoms with Crippen molar-refractivity contribution in [2.75, 3.05) is 0 Å². The summed E-state index contributed by atoms with van der Waals surface area (Å²) in [5.41, 5.74) is 3.53. The number of benzene rings is 1. The molecule has 1 heterocycles. The minimum absolute atomic E-state index is 0.877. The highest BCUT2D eigenvalue weighted by Gasteiger charge is 2.00. The van der Waals surface area contributed by atoms with E-state index in [4.69, 9.17) is 0 Å². The van der Waals surface area contributed by atoms with E-state index in [9.17, 15) is 0 Å². The lowest BCUT2D eigenvalue weighted by Gasteiger charge is -2.03. The van der Waals surface area contributed by atoms with Gasteiger partial charge in [-0.05, 0) is 46.1 Å². The molecule has 0 aliphatic carbocycles. The molecule has 0 spiro atoms. The first-order valence-electron chi connectivity index (χ1n) is 5.01. The summed E-state index contributed by atoms with van der Waals surface area (Å²) >= 11 is 3.38. The van der Waals surface area contributed by atoms with Crippen LogP contribution in [0, 0.1) is 0 Å². The maximum atomic E-state index is 4.44. The lowest BCUT2D eigenvalue weighted by atomic mass is 10.1. The molecular weight excluding hydrogens is 250 g/mol. The van der Waals surface area contributed by atoms with Crippen molar-refractivity contribution >= 4 is 15.9 Å². The van der Waals surface area contributed by atoms with Crippen LogP contribution in [-0.4, -0.2) is 4.98 Å². The summed E-state index contributed by atoms with van der Waals surface area (Å²) in [4.78, 5) is 4.44. The molecule has 0 aliphatic heterocycles. The number of hydrogen-bond acceptors (Lipinski definition) is 1. The van der Waals surface area contributed by atoms with Crippen LogP contribution in [0.4, 0.5) is 0 Å². The highest BCUT2D eigenvalue weighted by atomic mass is 79.9. The number of hydrogen-bond donors (Lipinski definition) is 0. The van der Waals surface area contributed by atoms with Gasteiger partial charge in [-0.15, -0.1) is 0 Å². The quantitative estimate of drug-likeness (QED) is 0.743. The Hall–Kier alpha value is -1.15. The summed E-state index contributed by atoms with van der Waals surface area (Å²) in [5.74, 6) is 0. The summed E-state index contributed by atoms with van der Waals surface area (Å²) in [5, 5.41) is 0. The fourth-order valence-corrected chi connectivity index (χ4v) is 1.86. The second kappa shape index (κ2) is 4.58. The van der Waals surface area contributed by atoms with Gasteiger partial charge < -0.3 is 0 Å². The third-order valence-electron chi connectivity index (χ3n) is 2.35. The third kappa shape index (κ3) is 2.45. The monoisotopic (exact) mass is 261 g/mol. The van der Waals surface area contributed by atoms with Crippen LogP contribution in [0.5, 0.6) is 0 Å². The molecule has 0 N–H and O–H groups in total. The van der Waals surface area contributed by atoms with Crippen LogP contribution >= 0.6 is 15.9 Å². The molecule has 0 amide bonds. The van der Waals surface area contributed by atoms with Gasteiger partial charge in [0, 0.05) is 5.56 Å². The highest BCUT2D eigenvalue weighted by Crippen LogP contribution is 2.20. The fraction of sp³-hybridized carbons (Fsp3) is 0.154. The summed E-state index contributed by atoms with van der Waals surface area (Å²) < 4.78 is 0.877. The zero-order valence-corrected chi connectivity index (χ0v) is 10.2. The molecular formula is C13H12BrN. The van der Waals surface area contributed by atoms with Crippen molar-refractivity contribution in [1.29, 1.82) is 0 Å². The van der Waals surface area contributed by atoms with E-state index in [0.29, 0.717) is 0 Å². The molecule has 2 aromatic rings.